The van der Waals surface area contributed by atoms with E-state index in [-0.39, 0.29) is 29.2 Å². The van der Waals surface area contributed by atoms with Crippen LogP contribution in [0.4, 0.5) is 0 Å². The molecule has 0 aliphatic rings. The van der Waals surface area contributed by atoms with Gasteiger partial charge in [0.15, 0.2) is 0 Å². The van der Waals surface area contributed by atoms with Crippen LogP contribution < -0.4 is 5.56 Å². The van der Waals surface area contributed by atoms with Gasteiger partial charge in [0.1, 0.15) is 5.75 Å². The zero-order valence-electron chi connectivity index (χ0n) is 12.4. The average Bonchev–Trinajstić information content (AvgIpc) is 2.47. The lowest BCUT2D eigenvalue weighted by molar-refractivity contribution is -0.143. The topological polar surface area (TPSA) is 68.5 Å². The van der Waals surface area contributed by atoms with Crippen LogP contribution in [-0.2, 0) is 23.0 Å². The Hall–Kier alpha value is -2.30. The van der Waals surface area contributed by atoms with Gasteiger partial charge >= 0.3 is 5.97 Å². The van der Waals surface area contributed by atoms with E-state index >= 15 is 0 Å². The Balaban J connectivity index is 2.41. The predicted octanol–water partition coefficient (Wildman–Crippen LogP) is 1.99. The van der Waals surface area contributed by atoms with Crippen molar-refractivity contribution < 1.29 is 14.6 Å². The van der Waals surface area contributed by atoms with Crippen LogP contribution >= 0.6 is 0 Å². The second-order valence-corrected chi connectivity index (χ2v) is 5.46. The fourth-order valence-electron chi connectivity index (χ4n) is 2.16. The zero-order chi connectivity index (χ0) is 15.6. The Morgan fingerprint density at radius 2 is 2.00 bits per heavy atom. The first kappa shape index (κ1) is 15.1. The summed E-state index contributed by atoms with van der Waals surface area (Å²) in [4.78, 5) is 24.1. The molecule has 0 aliphatic carbocycles. The van der Waals surface area contributed by atoms with Crippen molar-refractivity contribution in [2.45, 2.75) is 20.3 Å². The summed E-state index contributed by atoms with van der Waals surface area (Å²) in [5.74, 6) is -0.427. The molecular formula is C16H19NO4. The van der Waals surface area contributed by atoms with Gasteiger partial charge in [-0.05, 0) is 18.1 Å². The van der Waals surface area contributed by atoms with Crippen LogP contribution in [0.25, 0.3) is 10.9 Å². The summed E-state index contributed by atoms with van der Waals surface area (Å²) in [6.07, 6.45) is -0.226. The summed E-state index contributed by atoms with van der Waals surface area (Å²) < 4.78 is 6.50. The number of fused-ring (bicyclic) bond motifs is 1. The van der Waals surface area contributed by atoms with Gasteiger partial charge in [0.25, 0.3) is 5.56 Å². The second-order valence-electron chi connectivity index (χ2n) is 5.46. The summed E-state index contributed by atoms with van der Waals surface area (Å²) in [7, 11) is 1.62. The number of aryl methyl sites for hydroxylation is 1. The maximum atomic E-state index is 12.3. The molecule has 5 nitrogen and oxygen atoms in total. The molecular weight excluding hydrogens is 270 g/mol. The minimum atomic E-state index is -0.508. The van der Waals surface area contributed by atoms with E-state index in [0.29, 0.717) is 17.5 Å². The molecule has 0 spiro atoms. The first-order chi connectivity index (χ1) is 9.91. The number of esters is 1. The van der Waals surface area contributed by atoms with Gasteiger partial charge in [0.2, 0.25) is 0 Å². The number of aromatic nitrogens is 1. The highest BCUT2D eigenvalue weighted by Crippen LogP contribution is 2.26. The van der Waals surface area contributed by atoms with E-state index in [0.717, 1.165) is 0 Å². The van der Waals surface area contributed by atoms with Crippen molar-refractivity contribution >= 4 is 16.9 Å². The molecule has 1 aromatic heterocycles. The first-order valence-corrected chi connectivity index (χ1v) is 6.87. The molecule has 21 heavy (non-hydrogen) atoms. The summed E-state index contributed by atoms with van der Waals surface area (Å²) in [5.41, 5.74) is 0.317. The van der Waals surface area contributed by atoms with Crippen LogP contribution in [0.15, 0.2) is 29.1 Å². The van der Waals surface area contributed by atoms with Crippen LogP contribution in [0.5, 0.6) is 5.75 Å². The molecule has 0 amide bonds. The van der Waals surface area contributed by atoms with Gasteiger partial charge in [0.05, 0.1) is 24.1 Å². The van der Waals surface area contributed by atoms with Crippen LogP contribution in [0, 0.1) is 5.92 Å². The number of ether oxygens (including phenoxy) is 1. The summed E-state index contributed by atoms with van der Waals surface area (Å²) in [6.45, 7) is 4.16. The molecule has 0 fully saturated rings. The molecule has 0 radical (unpaired) electrons. The number of rotatable bonds is 4. The number of para-hydroxylation sites is 1. The van der Waals surface area contributed by atoms with E-state index in [2.05, 4.69) is 0 Å². The van der Waals surface area contributed by atoms with Crippen molar-refractivity contribution in [1.29, 1.82) is 0 Å². The molecule has 0 unspecified atom stereocenters. The van der Waals surface area contributed by atoms with Gasteiger partial charge in [-0.15, -0.1) is 0 Å². The minimum Gasteiger partial charge on any atom is -0.507 e. The molecule has 0 saturated heterocycles. The quantitative estimate of drug-likeness (QED) is 0.874. The Kier molecular flexibility index (Phi) is 4.31. The van der Waals surface area contributed by atoms with Crippen LogP contribution in [-0.4, -0.2) is 22.2 Å². The highest BCUT2D eigenvalue weighted by molar-refractivity contribution is 5.87. The van der Waals surface area contributed by atoms with E-state index < -0.39 is 5.97 Å². The molecule has 0 saturated carbocycles. The molecule has 5 heteroatoms. The molecule has 0 atom stereocenters. The van der Waals surface area contributed by atoms with Crippen LogP contribution in [0.3, 0.4) is 0 Å². The number of carbonyl (C=O) groups excluding carboxylic acids is 1. The van der Waals surface area contributed by atoms with Gasteiger partial charge in [-0.25, -0.2) is 0 Å². The van der Waals surface area contributed by atoms with E-state index in [1.807, 2.05) is 13.8 Å². The van der Waals surface area contributed by atoms with Gasteiger partial charge in [-0.3, -0.25) is 9.59 Å². The van der Waals surface area contributed by atoms with E-state index in [1.54, 1.807) is 31.3 Å². The molecule has 0 bridgehead atoms. The SMILES string of the molecule is CC(C)COC(=O)Cc1c(O)c2ccccc2n(C)c1=O. The van der Waals surface area contributed by atoms with E-state index in [4.69, 9.17) is 4.74 Å². The number of hydrogen-bond acceptors (Lipinski definition) is 4. The van der Waals surface area contributed by atoms with Crippen molar-refractivity contribution in [3.63, 3.8) is 0 Å². The fourth-order valence-corrected chi connectivity index (χ4v) is 2.16. The Labute approximate surface area is 122 Å². The van der Waals surface area contributed by atoms with E-state index in [1.165, 1.54) is 4.57 Å². The summed E-state index contributed by atoms with van der Waals surface area (Å²) >= 11 is 0. The number of pyridine rings is 1. The number of hydrogen-bond donors (Lipinski definition) is 1. The van der Waals surface area contributed by atoms with Gasteiger partial charge < -0.3 is 14.4 Å². The third-order valence-corrected chi connectivity index (χ3v) is 3.27. The Bertz CT molecular complexity index is 731. The summed E-state index contributed by atoms with van der Waals surface area (Å²) in [5, 5.41) is 10.8. The monoisotopic (exact) mass is 289 g/mol. The number of aromatic hydroxyl groups is 1. The van der Waals surface area contributed by atoms with Crippen LogP contribution in [0.2, 0.25) is 0 Å². The Morgan fingerprint density at radius 3 is 2.67 bits per heavy atom. The van der Waals surface area contributed by atoms with Gasteiger partial charge in [0, 0.05) is 12.4 Å². The van der Waals surface area contributed by atoms with Gasteiger partial charge in [-0.2, -0.15) is 0 Å². The molecule has 2 aromatic rings. The van der Waals surface area contributed by atoms with Crippen molar-refractivity contribution in [3.05, 3.63) is 40.2 Å². The molecule has 112 valence electrons. The third-order valence-electron chi connectivity index (χ3n) is 3.27. The molecule has 2 rings (SSSR count). The van der Waals surface area contributed by atoms with Crippen molar-refractivity contribution in [1.82, 2.24) is 4.57 Å². The lowest BCUT2D eigenvalue weighted by Crippen LogP contribution is -2.24. The zero-order valence-corrected chi connectivity index (χ0v) is 12.4. The normalized spacial score (nSPS) is 11.0. The number of nitrogens with zero attached hydrogens (tertiary/aromatic N) is 1. The summed E-state index contributed by atoms with van der Waals surface area (Å²) in [6, 6.07) is 7.02. The predicted molar refractivity (Wildman–Crippen MR) is 80.4 cm³/mol. The highest BCUT2D eigenvalue weighted by atomic mass is 16.5. The average molecular weight is 289 g/mol. The largest absolute Gasteiger partial charge is 0.507 e. The maximum absolute atomic E-state index is 12.3. The standard InChI is InChI=1S/C16H19NO4/c1-10(2)9-21-14(18)8-12-15(19)11-6-4-5-7-13(11)17(3)16(12)20/h4-7,10,19H,8-9H2,1-3H3. The maximum Gasteiger partial charge on any atom is 0.310 e. The second kappa shape index (κ2) is 5.99. The van der Waals surface area contributed by atoms with E-state index in [9.17, 15) is 14.7 Å². The molecule has 0 aliphatic heterocycles. The first-order valence-electron chi connectivity index (χ1n) is 6.87. The third kappa shape index (κ3) is 3.07. The number of benzene rings is 1. The lowest BCUT2D eigenvalue weighted by atomic mass is 10.1. The number of carbonyl (C=O) groups is 1. The molecule has 1 heterocycles. The van der Waals surface area contributed by atoms with Crippen molar-refractivity contribution in [2.24, 2.45) is 13.0 Å². The smallest absolute Gasteiger partial charge is 0.310 e. The molecule has 1 aromatic carbocycles. The van der Waals surface area contributed by atoms with Crippen LogP contribution in [0.1, 0.15) is 19.4 Å². The lowest BCUT2D eigenvalue weighted by Gasteiger charge is -2.12. The minimum absolute atomic E-state index is 0.0740. The van der Waals surface area contributed by atoms with Gasteiger partial charge in [-0.1, -0.05) is 26.0 Å². The molecule has 1 N–H and O–H groups in total. The highest BCUT2D eigenvalue weighted by Gasteiger charge is 2.18. The van der Waals surface area contributed by atoms with Crippen molar-refractivity contribution in [3.8, 4) is 5.75 Å². The van der Waals surface area contributed by atoms with Crippen molar-refractivity contribution in [2.75, 3.05) is 6.61 Å². The Morgan fingerprint density at radius 1 is 1.33 bits per heavy atom. The fraction of sp³-hybridized carbons (Fsp3) is 0.375.